The number of likely N-dealkylation sites (N-methyl/N-ethyl adjacent to an activating group) is 1. The second kappa shape index (κ2) is 5.22. The van der Waals surface area contributed by atoms with Crippen molar-refractivity contribution in [3.63, 3.8) is 0 Å². The van der Waals surface area contributed by atoms with E-state index in [-0.39, 0.29) is 12.3 Å². The van der Waals surface area contributed by atoms with Crippen LogP contribution in [0.4, 0.5) is 17.1 Å². The first-order chi connectivity index (χ1) is 8.35. The molecule has 0 amide bonds. The minimum Gasteiger partial charge on any atom is -0.394 e. The number of hydrogen-bond acceptors (Lipinski definition) is 5. The molecule has 0 bridgehead atoms. The summed E-state index contributed by atoms with van der Waals surface area (Å²) in [5.74, 6) is 0. The zero-order valence-electron chi connectivity index (χ0n) is 11.1. The highest BCUT2D eigenvalue weighted by molar-refractivity contribution is 5.77. The van der Waals surface area contributed by atoms with Crippen LogP contribution in [0.1, 0.15) is 13.8 Å². The molecule has 1 aromatic carbocycles. The van der Waals surface area contributed by atoms with Gasteiger partial charge in [0.05, 0.1) is 17.1 Å². The van der Waals surface area contributed by atoms with Crippen LogP contribution < -0.4 is 10.2 Å². The van der Waals surface area contributed by atoms with E-state index in [1.54, 1.807) is 37.2 Å². The van der Waals surface area contributed by atoms with Crippen molar-refractivity contribution >= 4 is 17.1 Å². The van der Waals surface area contributed by atoms with Crippen LogP contribution in [0, 0.1) is 10.1 Å². The van der Waals surface area contributed by atoms with Crippen LogP contribution in [0.25, 0.3) is 0 Å². The molecule has 2 N–H and O–H groups in total. The molecule has 0 spiro atoms. The highest BCUT2D eigenvalue weighted by Crippen LogP contribution is 2.37. The number of anilines is 2. The van der Waals surface area contributed by atoms with Gasteiger partial charge in [-0.3, -0.25) is 10.1 Å². The first kappa shape index (κ1) is 14.2. The molecule has 0 atom stereocenters. The third-order valence-electron chi connectivity index (χ3n) is 3.12. The largest absolute Gasteiger partial charge is 0.394 e. The van der Waals surface area contributed by atoms with Crippen LogP contribution in [0.2, 0.25) is 0 Å². The molecule has 0 aliphatic rings. The number of hydrogen-bond donors (Lipinski definition) is 2. The van der Waals surface area contributed by atoms with Crippen LogP contribution in [-0.4, -0.2) is 36.3 Å². The average molecular weight is 253 g/mol. The van der Waals surface area contributed by atoms with Crippen molar-refractivity contribution in [1.29, 1.82) is 0 Å². The Balaban J connectivity index is 3.36. The molecule has 6 nitrogen and oxygen atoms in total. The predicted molar refractivity (Wildman–Crippen MR) is 72.2 cm³/mol. The summed E-state index contributed by atoms with van der Waals surface area (Å²) in [5.41, 5.74) is 0.380. The molecule has 0 saturated carbocycles. The van der Waals surface area contributed by atoms with Gasteiger partial charge in [-0.1, -0.05) is 6.07 Å². The second-order valence-corrected chi connectivity index (χ2v) is 4.71. The summed E-state index contributed by atoms with van der Waals surface area (Å²) in [6, 6.07) is 5.08. The lowest BCUT2D eigenvalue weighted by atomic mass is 10.0. The summed E-state index contributed by atoms with van der Waals surface area (Å²) < 4.78 is 0. The maximum absolute atomic E-state index is 11.2. The lowest BCUT2D eigenvalue weighted by molar-refractivity contribution is -0.383. The van der Waals surface area contributed by atoms with Gasteiger partial charge in [0.15, 0.2) is 0 Å². The third kappa shape index (κ3) is 2.53. The lowest BCUT2D eigenvalue weighted by Crippen LogP contribution is -2.44. The number of aliphatic hydroxyl groups is 1. The summed E-state index contributed by atoms with van der Waals surface area (Å²) in [6.45, 7) is 3.55. The second-order valence-electron chi connectivity index (χ2n) is 4.71. The number of nitrogens with one attached hydrogen (secondary N) is 1. The average Bonchev–Trinajstić information content (AvgIpc) is 2.36. The van der Waals surface area contributed by atoms with Crippen molar-refractivity contribution in [3.05, 3.63) is 28.3 Å². The van der Waals surface area contributed by atoms with Crippen LogP contribution in [0.15, 0.2) is 18.2 Å². The molecule has 1 rings (SSSR count). The van der Waals surface area contributed by atoms with E-state index < -0.39 is 10.5 Å². The molecule has 6 heteroatoms. The molecule has 0 heterocycles. The molecule has 0 saturated heterocycles. The zero-order valence-corrected chi connectivity index (χ0v) is 11.1. The molecule has 0 aromatic heterocycles. The van der Waals surface area contributed by atoms with E-state index in [1.165, 1.54) is 0 Å². The SMILES string of the molecule is CNc1cccc(N(C)C(C)(C)CO)c1[N+](=O)[O-]. The number of nitro groups is 1. The van der Waals surface area contributed by atoms with E-state index in [2.05, 4.69) is 5.32 Å². The monoisotopic (exact) mass is 253 g/mol. The van der Waals surface area contributed by atoms with Gasteiger partial charge in [0, 0.05) is 14.1 Å². The molecule has 0 radical (unpaired) electrons. The fourth-order valence-corrected chi connectivity index (χ4v) is 1.63. The van der Waals surface area contributed by atoms with Crippen molar-refractivity contribution in [2.45, 2.75) is 19.4 Å². The number of rotatable bonds is 5. The number of aliphatic hydroxyl groups excluding tert-OH is 1. The molecule has 1 aromatic rings. The lowest BCUT2D eigenvalue weighted by Gasteiger charge is -2.35. The number of nitro benzene ring substituents is 1. The van der Waals surface area contributed by atoms with Crippen molar-refractivity contribution in [1.82, 2.24) is 0 Å². The van der Waals surface area contributed by atoms with E-state index in [0.717, 1.165) is 0 Å². The van der Waals surface area contributed by atoms with E-state index >= 15 is 0 Å². The topological polar surface area (TPSA) is 78.6 Å². The molecule has 100 valence electrons. The van der Waals surface area contributed by atoms with Gasteiger partial charge in [-0.15, -0.1) is 0 Å². The van der Waals surface area contributed by atoms with E-state index in [0.29, 0.717) is 11.4 Å². The maximum atomic E-state index is 11.2. The summed E-state index contributed by atoms with van der Waals surface area (Å²) in [7, 11) is 3.38. The maximum Gasteiger partial charge on any atom is 0.315 e. The summed E-state index contributed by atoms with van der Waals surface area (Å²) in [4.78, 5) is 12.5. The third-order valence-corrected chi connectivity index (χ3v) is 3.12. The first-order valence-corrected chi connectivity index (χ1v) is 5.65. The fraction of sp³-hybridized carbons (Fsp3) is 0.500. The summed E-state index contributed by atoms with van der Waals surface area (Å²) in [5, 5.41) is 23.4. The van der Waals surface area contributed by atoms with Crippen molar-refractivity contribution in [2.24, 2.45) is 0 Å². The Morgan fingerprint density at radius 1 is 1.50 bits per heavy atom. The molecule has 0 aliphatic heterocycles. The normalized spacial score (nSPS) is 11.2. The van der Waals surface area contributed by atoms with Gasteiger partial charge in [0.1, 0.15) is 11.4 Å². The van der Waals surface area contributed by atoms with Gasteiger partial charge in [0.25, 0.3) is 0 Å². The van der Waals surface area contributed by atoms with E-state index in [9.17, 15) is 15.2 Å². The molecule has 0 unspecified atom stereocenters. The fourth-order valence-electron chi connectivity index (χ4n) is 1.63. The van der Waals surface area contributed by atoms with Crippen LogP contribution >= 0.6 is 0 Å². The smallest absolute Gasteiger partial charge is 0.315 e. The Hall–Kier alpha value is -1.82. The van der Waals surface area contributed by atoms with Gasteiger partial charge < -0.3 is 15.3 Å². The van der Waals surface area contributed by atoms with Gasteiger partial charge in [-0.25, -0.2) is 0 Å². The molecule has 18 heavy (non-hydrogen) atoms. The van der Waals surface area contributed by atoms with Crippen LogP contribution in [0.3, 0.4) is 0 Å². The van der Waals surface area contributed by atoms with Crippen LogP contribution in [-0.2, 0) is 0 Å². The van der Waals surface area contributed by atoms with Crippen molar-refractivity contribution in [3.8, 4) is 0 Å². The Labute approximate surface area is 106 Å². The predicted octanol–water partition coefficient (Wildman–Crippen LogP) is 1.84. The highest BCUT2D eigenvalue weighted by atomic mass is 16.6. The quantitative estimate of drug-likeness (QED) is 0.618. The molecular formula is C12H19N3O3. The highest BCUT2D eigenvalue weighted by Gasteiger charge is 2.29. The molecule has 0 aliphatic carbocycles. The van der Waals surface area contributed by atoms with Crippen LogP contribution in [0.5, 0.6) is 0 Å². The Kier molecular flexibility index (Phi) is 4.13. The van der Waals surface area contributed by atoms with Gasteiger partial charge in [-0.2, -0.15) is 0 Å². The van der Waals surface area contributed by atoms with Gasteiger partial charge >= 0.3 is 5.69 Å². The number of benzene rings is 1. The number of nitrogens with zero attached hydrogens (tertiary/aromatic N) is 2. The van der Waals surface area contributed by atoms with Gasteiger partial charge in [-0.05, 0) is 26.0 Å². The first-order valence-electron chi connectivity index (χ1n) is 5.65. The van der Waals surface area contributed by atoms with E-state index in [4.69, 9.17) is 0 Å². The molecular weight excluding hydrogens is 234 g/mol. The summed E-state index contributed by atoms with van der Waals surface area (Å²) in [6.07, 6.45) is 0. The Bertz CT molecular complexity index is 446. The standard InChI is InChI=1S/C12H19N3O3/c1-12(2,8-16)14(4)10-7-5-6-9(13-3)11(10)15(17)18/h5-7,13,16H,8H2,1-4H3. The number of para-hydroxylation sites is 1. The van der Waals surface area contributed by atoms with Crippen molar-refractivity contribution < 1.29 is 10.0 Å². The van der Waals surface area contributed by atoms with E-state index in [1.807, 2.05) is 13.8 Å². The van der Waals surface area contributed by atoms with Crippen molar-refractivity contribution in [2.75, 3.05) is 30.9 Å². The zero-order chi connectivity index (χ0) is 13.9. The Morgan fingerprint density at radius 2 is 2.11 bits per heavy atom. The molecule has 0 fully saturated rings. The summed E-state index contributed by atoms with van der Waals surface area (Å²) >= 11 is 0. The van der Waals surface area contributed by atoms with Gasteiger partial charge in [0.2, 0.25) is 0 Å². The Morgan fingerprint density at radius 3 is 2.56 bits per heavy atom. The minimum absolute atomic E-state index is 0.0176. The minimum atomic E-state index is -0.572.